The number of carboxylic acid groups (broad SMARTS) is 1. The van der Waals surface area contributed by atoms with Crippen LogP contribution in [0.3, 0.4) is 0 Å². The van der Waals surface area contributed by atoms with E-state index in [1.54, 1.807) is 13.8 Å². The van der Waals surface area contributed by atoms with Gasteiger partial charge in [0.15, 0.2) is 5.96 Å². The van der Waals surface area contributed by atoms with Gasteiger partial charge >= 0.3 is 5.97 Å². The number of rotatable bonds is 14. The zero-order chi connectivity index (χ0) is 24.1. The minimum atomic E-state index is -1.18. The molecule has 4 unspecified atom stereocenters. The van der Waals surface area contributed by atoms with Crippen LogP contribution >= 0.6 is 0 Å². The van der Waals surface area contributed by atoms with Gasteiger partial charge in [-0.25, -0.2) is 4.79 Å². The second-order valence-corrected chi connectivity index (χ2v) is 7.77. The highest BCUT2D eigenvalue weighted by Gasteiger charge is 2.28. The summed E-state index contributed by atoms with van der Waals surface area (Å²) in [6, 6.07) is -2.89. The first-order valence-corrected chi connectivity index (χ1v) is 10.3. The Morgan fingerprint density at radius 1 is 1.03 bits per heavy atom. The van der Waals surface area contributed by atoms with E-state index in [0.29, 0.717) is 12.8 Å². The third-order valence-electron chi connectivity index (χ3n) is 4.81. The standard InChI is InChI=1S/C19H37N7O5/c1-5-11(4)14(20)17(29)24-9-13(27)25-12(7-6-8-23-19(21)22)16(28)26-15(10(2)3)18(30)31/h10-12,14-15H,5-9,20H2,1-4H3,(H,24,29)(H,25,27)(H,26,28)(H,30,31)(H4,21,22,23). The molecule has 0 aromatic rings. The fraction of sp³-hybridized carbons (Fsp3) is 0.737. The Kier molecular flexibility index (Phi) is 12.9. The third kappa shape index (κ3) is 11.2. The van der Waals surface area contributed by atoms with E-state index in [9.17, 15) is 24.3 Å². The number of guanidine groups is 1. The minimum Gasteiger partial charge on any atom is -0.480 e. The number of aliphatic carboxylic acids is 1. The Hall–Kier alpha value is -2.89. The number of nitrogens with zero attached hydrogens (tertiary/aromatic N) is 1. The van der Waals surface area contributed by atoms with Crippen LogP contribution in [0.5, 0.6) is 0 Å². The van der Waals surface area contributed by atoms with Crippen molar-refractivity contribution in [3.63, 3.8) is 0 Å². The SMILES string of the molecule is CCC(C)C(N)C(=O)NCC(=O)NC(CCCN=C(N)N)C(=O)NC(C(=O)O)C(C)C. The first kappa shape index (κ1) is 28.1. The molecule has 0 aromatic carbocycles. The molecule has 0 aliphatic heterocycles. The van der Waals surface area contributed by atoms with Gasteiger partial charge in [0.2, 0.25) is 17.7 Å². The molecule has 0 fully saturated rings. The Bertz CT molecular complexity index is 650. The molecule has 0 saturated heterocycles. The molecular formula is C19H37N7O5. The van der Waals surface area contributed by atoms with Crippen molar-refractivity contribution in [2.24, 2.45) is 34.0 Å². The molecule has 31 heavy (non-hydrogen) atoms. The molecular weight excluding hydrogens is 406 g/mol. The Morgan fingerprint density at radius 3 is 2.13 bits per heavy atom. The fourth-order valence-electron chi connectivity index (χ4n) is 2.58. The molecule has 0 aliphatic carbocycles. The second-order valence-electron chi connectivity index (χ2n) is 7.77. The van der Waals surface area contributed by atoms with Crippen molar-refractivity contribution in [2.45, 2.75) is 65.1 Å². The van der Waals surface area contributed by atoms with Gasteiger partial charge in [0.05, 0.1) is 12.6 Å². The number of carbonyl (C=O) groups is 4. The van der Waals surface area contributed by atoms with Gasteiger partial charge in [-0.1, -0.05) is 34.1 Å². The zero-order valence-corrected chi connectivity index (χ0v) is 18.7. The van der Waals surface area contributed by atoms with Crippen molar-refractivity contribution < 1.29 is 24.3 Å². The molecule has 4 atom stereocenters. The van der Waals surface area contributed by atoms with Gasteiger partial charge < -0.3 is 38.3 Å². The summed E-state index contributed by atoms with van der Waals surface area (Å²) in [7, 11) is 0. The van der Waals surface area contributed by atoms with E-state index in [-0.39, 0.29) is 37.3 Å². The number of carbonyl (C=O) groups excluding carboxylic acids is 3. The van der Waals surface area contributed by atoms with Crippen LogP contribution < -0.4 is 33.2 Å². The molecule has 12 heteroatoms. The summed E-state index contributed by atoms with van der Waals surface area (Å²) in [5.74, 6) is -3.42. The topological polar surface area (TPSA) is 215 Å². The molecule has 10 N–H and O–H groups in total. The van der Waals surface area contributed by atoms with Crippen molar-refractivity contribution >= 4 is 29.7 Å². The number of hydrogen-bond acceptors (Lipinski definition) is 6. The van der Waals surface area contributed by atoms with Gasteiger partial charge in [0, 0.05) is 6.54 Å². The summed E-state index contributed by atoms with van der Waals surface area (Å²) in [5.41, 5.74) is 16.4. The van der Waals surface area contributed by atoms with Crippen LogP contribution in [-0.2, 0) is 19.2 Å². The highest BCUT2D eigenvalue weighted by molar-refractivity contribution is 5.92. The predicted molar refractivity (Wildman–Crippen MR) is 117 cm³/mol. The summed E-state index contributed by atoms with van der Waals surface area (Å²) in [5, 5.41) is 16.7. The molecule has 0 saturated carbocycles. The number of carboxylic acids is 1. The van der Waals surface area contributed by atoms with Gasteiger partial charge in [-0.3, -0.25) is 19.4 Å². The fourth-order valence-corrected chi connectivity index (χ4v) is 2.58. The summed E-state index contributed by atoms with van der Waals surface area (Å²) in [6.45, 7) is 6.90. The molecule has 0 aromatic heterocycles. The molecule has 0 radical (unpaired) electrons. The van der Waals surface area contributed by atoms with E-state index >= 15 is 0 Å². The highest BCUT2D eigenvalue weighted by atomic mass is 16.4. The lowest BCUT2D eigenvalue weighted by Crippen LogP contribution is -2.55. The molecule has 0 spiro atoms. The van der Waals surface area contributed by atoms with E-state index in [2.05, 4.69) is 20.9 Å². The summed E-state index contributed by atoms with van der Waals surface area (Å²) in [4.78, 5) is 52.1. The predicted octanol–water partition coefficient (Wildman–Crippen LogP) is -1.76. The first-order valence-electron chi connectivity index (χ1n) is 10.3. The van der Waals surface area contributed by atoms with Gasteiger partial charge in [-0.05, 0) is 24.7 Å². The average Bonchev–Trinajstić information content (AvgIpc) is 2.70. The number of aliphatic imine (C=N–C) groups is 1. The number of nitrogens with two attached hydrogens (primary N) is 3. The second kappa shape index (κ2) is 14.2. The van der Waals surface area contributed by atoms with Crippen LogP contribution in [0.25, 0.3) is 0 Å². The van der Waals surface area contributed by atoms with Crippen molar-refractivity contribution in [1.82, 2.24) is 16.0 Å². The first-order chi connectivity index (χ1) is 14.4. The van der Waals surface area contributed by atoms with Crippen LogP contribution in [-0.4, -0.2) is 66.0 Å². The van der Waals surface area contributed by atoms with Gasteiger partial charge in [0.25, 0.3) is 0 Å². The lowest BCUT2D eigenvalue weighted by Gasteiger charge is -2.23. The molecule has 12 nitrogen and oxygen atoms in total. The van der Waals surface area contributed by atoms with Gasteiger partial charge in [-0.15, -0.1) is 0 Å². The molecule has 0 heterocycles. The summed E-state index contributed by atoms with van der Waals surface area (Å²) in [6.07, 6.45) is 1.24. The lowest BCUT2D eigenvalue weighted by atomic mass is 9.99. The molecule has 0 bridgehead atoms. The van der Waals surface area contributed by atoms with Crippen LogP contribution in [0.15, 0.2) is 4.99 Å². The molecule has 178 valence electrons. The maximum Gasteiger partial charge on any atom is 0.326 e. The van der Waals surface area contributed by atoms with E-state index in [1.165, 1.54) is 0 Å². The lowest BCUT2D eigenvalue weighted by molar-refractivity contribution is -0.143. The summed E-state index contributed by atoms with van der Waals surface area (Å²) < 4.78 is 0. The van der Waals surface area contributed by atoms with Crippen molar-refractivity contribution in [3.8, 4) is 0 Å². The maximum atomic E-state index is 12.6. The van der Waals surface area contributed by atoms with E-state index in [4.69, 9.17) is 17.2 Å². The Labute approximate surface area is 182 Å². The van der Waals surface area contributed by atoms with Crippen LogP contribution in [0.1, 0.15) is 47.0 Å². The number of hydrogen-bond donors (Lipinski definition) is 7. The van der Waals surface area contributed by atoms with Gasteiger partial charge in [0.1, 0.15) is 12.1 Å². The molecule has 3 amide bonds. The summed E-state index contributed by atoms with van der Waals surface area (Å²) >= 11 is 0. The van der Waals surface area contributed by atoms with Crippen LogP contribution in [0.4, 0.5) is 0 Å². The van der Waals surface area contributed by atoms with Crippen molar-refractivity contribution in [3.05, 3.63) is 0 Å². The largest absolute Gasteiger partial charge is 0.480 e. The van der Waals surface area contributed by atoms with Crippen molar-refractivity contribution in [1.29, 1.82) is 0 Å². The quantitative estimate of drug-likeness (QED) is 0.0924. The monoisotopic (exact) mass is 443 g/mol. The van der Waals surface area contributed by atoms with Crippen molar-refractivity contribution in [2.75, 3.05) is 13.1 Å². The Balaban J connectivity index is 5.05. The Morgan fingerprint density at radius 2 is 1.65 bits per heavy atom. The average molecular weight is 444 g/mol. The number of nitrogens with one attached hydrogen (secondary N) is 3. The molecule has 0 aliphatic rings. The van der Waals surface area contributed by atoms with E-state index < -0.39 is 41.8 Å². The van der Waals surface area contributed by atoms with Gasteiger partial charge in [-0.2, -0.15) is 0 Å². The maximum absolute atomic E-state index is 12.6. The minimum absolute atomic E-state index is 0.0545. The normalized spacial score (nSPS) is 14.6. The van der Waals surface area contributed by atoms with Crippen LogP contribution in [0, 0.1) is 11.8 Å². The molecule has 0 rings (SSSR count). The number of amides is 3. The van der Waals surface area contributed by atoms with E-state index in [0.717, 1.165) is 0 Å². The van der Waals surface area contributed by atoms with Crippen LogP contribution in [0.2, 0.25) is 0 Å². The zero-order valence-electron chi connectivity index (χ0n) is 18.7. The van der Waals surface area contributed by atoms with E-state index in [1.807, 2.05) is 13.8 Å². The highest BCUT2D eigenvalue weighted by Crippen LogP contribution is 2.06. The smallest absolute Gasteiger partial charge is 0.326 e. The third-order valence-corrected chi connectivity index (χ3v) is 4.81.